The minimum Gasteiger partial charge on any atom is -0.395 e. The first-order valence-electron chi connectivity index (χ1n) is 10.8. The third-order valence-corrected chi connectivity index (χ3v) is 6.20. The molecule has 36 heavy (non-hydrogen) atoms. The van der Waals surface area contributed by atoms with Gasteiger partial charge in [-0.1, -0.05) is 97.1 Å². The summed E-state index contributed by atoms with van der Waals surface area (Å²) in [5, 5.41) is 0. The molecule has 0 aromatic heterocycles. The van der Waals surface area contributed by atoms with E-state index >= 15 is 0 Å². The van der Waals surface area contributed by atoms with Gasteiger partial charge in [-0.15, -0.1) is 0 Å². The predicted molar refractivity (Wildman–Crippen MR) is 136 cm³/mol. The van der Waals surface area contributed by atoms with Crippen molar-refractivity contribution in [2.45, 2.75) is 13.2 Å². The number of phosphoric acid groups is 2. The second kappa shape index (κ2) is 13.8. The van der Waals surface area contributed by atoms with Crippen LogP contribution in [0.2, 0.25) is 0 Å². The van der Waals surface area contributed by atoms with Gasteiger partial charge < -0.3 is 13.9 Å². The molecule has 8 nitrogen and oxygen atoms in total. The highest BCUT2D eigenvalue weighted by Crippen LogP contribution is 2.45. The molecule has 0 heterocycles. The van der Waals surface area contributed by atoms with Crippen LogP contribution in [-0.2, 0) is 31.4 Å². The third kappa shape index (κ3) is 10.6. The minimum absolute atomic E-state index is 0.0450. The molecule has 0 aliphatic rings. The van der Waals surface area contributed by atoms with Gasteiger partial charge in [0.1, 0.15) is 11.5 Å². The molecule has 0 saturated heterocycles. The zero-order valence-corrected chi connectivity index (χ0v) is 21.0. The molecule has 0 fully saturated rings. The Kier molecular flexibility index (Phi) is 10.5. The van der Waals surface area contributed by atoms with Gasteiger partial charge >= 0.3 is 15.6 Å². The molecule has 188 valence electrons. The van der Waals surface area contributed by atoms with Gasteiger partial charge in [-0.05, 0) is 35.4 Å². The number of rotatable bonds is 10. The van der Waals surface area contributed by atoms with E-state index in [1.807, 2.05) is 60.7 Å². The van der Waals surface area contributed by atoms with Gasteiger partial charge in [-0.3, -0.25) is 13.9 Å². The first kappa shape index (κ1) is 27.4. The highest BCUT2D eigenvalue weighted by molar-refractivity contribution is 7.48. The van der Waals surface area contributed by atoms with Crippen LogP contribution in [0.1, 0.15) is 11.1 Å². The standard InChI is InChI=1S/C14H15O4P.C12H11O4P/c15-19(16,17-11-13-7-3-1-4-8-13)18-12-14-9-5-2-6-10-14;13-17(14,15-11-7-3-1-4-8-11)16-12-9-5-2-6-10-12/h1-10H,11-12H2,(H,15,16);1-10H,(H,13,14). The molecule has 0 spiro atoms. The van der Waals surface area contributed by atoms with Crippen molar-refractivity contribution < 1.29 is 37.0 Å². The van der Waals surface area contributed by atoms with Crippen LogP contribution < -0.4 is 9.05 Å². The first-order chi connectivity index (χ1) is 17.3. The Balaban J connectivity index is 0.000000202. The van der Waals surface area contributed by atoms with Crippen molar-refractivity contribution in [1.82, 2.24) is 0 Å². The van der Waals surface area contributed by atoms with E-state index in [9.17, 15) is 18.9 Å². The lowest BCUT2D eigenvalue weighted by Crippen LogP contribution is -1.99. The summed E-state index contributed by atoms with van der Waals surface area (Å²) >= 11 is 0. The molecule has 4 aromatic rings. The third-order valence-electron chi connectivity index (χ3n) is 4.40. The van der Waals surface area contributed by atoms with Gasteiger partial charge in [0.15, 0.2) is 0 Å². The molecule has 0 atom stereocenters. The Morgan fingerprint density at radius 1 is 0.472 bits per heavy atom. The van der Waals surface area contributed by atoms with E-state index in [1.165, 1.54) is 0 Å². The van der Waals surface area contributed by atoms with E-state index in [0.717, 1.165) is 11.1 Å². The lowest BCUT2D eigenvalue weighted by atomic mass is 10.2. The van der Waals surface area contributed by atoms with Gasteiger partial charge in [-0.2, -0.15) is 0 Å². The zero-order valence-electron chi connectivity index (χ0n) is 19.2. The Morgan fingerprint density at radius 2 is 0.778 bits per heavy atom. The van der Waals surface area contributed by atoms with Crippen LogP contribution in [0.25, 0.3) is 0 Å². The van der Waals surface area contributed by atoms with Crippen LogP contribution in [0.5, 0.6) is 11.5 Å². The van der Waals surface area contributed by atoms with Crippen LogP contribution in [0, 0.1) is 0 Å². The Labute approximate surface area is 209 Å². The molecule has 0 aliphatic heterocycles. The average Bonchev–Trinajstić information content (AvgIpc) is 2.89. The van der Waals surface area contributed by atoms with Crippen molar-refractivity contribution in [2.24, 2.45) is 0 Å². The monoisotopic (exact) mass is 528 g/mol. The molecular weight excluding hydrogens is 502 g/mol. The van der Waals surface area contributed by atoms with E-state index in [2.05, 4.69) is 0 Å². The lowest BCUT2D eigenvalue weighted by molar-refractivity contribution is 0.137. The SMILES string of the molecule is O=P(O)(OCc1ccccc1)OCc1ccccc1.O=P(O)(Oc1ccccc1)Oc1ccccc1. The lowest BCUT2D eigenvalue weighted by Gasteiger charge is -2.13. The van der Waals surface area contributed by atoms with Crippen molar-refractivity contribution in [3.63, 3.8) is 0 Å². The maximum absolute atomic E-state index is 11.7. The molecule has 4 aromatic carbocycles. The molecule has 0 aliphatic carbocycles. The van der Waals surface area contributed by atoms with Crippen LogP contribution in [-0.4, -0.2) is 9.79 Å². The van der Waals surface area contributed by atoms with Crippen LogP contribution >= 0.6 is 15.6 Å². The minimum atomic E-state index is -4.14. The quantitative estimate of drug-likeness (QED) is 0.217. The van der Waals surface area contributed by atoms with E-state index in [0.29, 0.717) is 0 Å². The number of phosphoric ester groups is 2. The first-order valence-corrected chi connectivity index (χ1v) is 13.8. The maximum atomic E-state index is 11.7. The van der Waals surface area contributed by atoms with Crippen LogP contribution in [0.15, 0.2) is 121 Å². The molecule has 0 radical (unpaired) electrons. The van der Waals surface area contributed by atoms with E-state index < -0.39 is 15.6 Å². The van der Waals surface area contributed by atoms with E-state index in [4.69, 9.17) is 18.1 Å². The van der Waals surface area contributed by atoms with E-state index in [1.54, 1.807) is 60.7 Å². The largest absolute Gasteiger partial charge is 0.584 e. The van der Waals surface area contributed by atoms with Gasteiger partial charge in [0.05, 0.1) is 13.2 Å². The van der Waals surface area contributed by atoms with Crippen LogP contribution in [0.4, 0.5) is 0 Å². The van der Waals surface area contributed by atoms with Crippen molar-refractivity contribution in [1.29, 1.82) is 0 Å². The predicted octanol–water partition coefficient (Wildman–Crippen LogP) is 6.77. The average molecular weight is 528 g/mol. The fourth-order valence-corrected chi connectivity index (χ4v) is 4.26. The molecule has 0 unspecified atom stereocenters. The Hall–Kier alpha value is -3.22. The topological polar surface area (TPSA) is 112 Å². The fourth-order valence-electron chi connectivity index (χ4n) is 2.75. The normalized spacial score (nSPS) is 11.2. The van der Waals surface area contributed by atoms with Crippen molar-refractivity contribution in [3.05, 3.63) is 132 Å². The van der Waals surface area contributed by atoms with E-state index in [-0.39, 0.29) is 24.7 Å². The van der Waals surface area contributed by atoms with Gasteiger partial charge in [-0.25, -0.2) is 9.13 Å². The summed E-state index contributed by atoms with van der Waals surface area (Å²) in [5.41, 5.74) is 1.64. The molecule has 0 saturated carbocycles. The summed E-state index contributed by atoms with van der Waals surface area (Å²) in [5.74, 6) is 0.573. The van der Waals surface area contributed by atoms with Crippen molar-refractivity contribution in [3.8, 4) is 11.5 Å². The van der Waals surface area contributed by atoms with Gasteiger partial charge in [0.25, 0.3) is 0 Å². The molecular formula is C26H26O8P2. The number of hydrogen-bond donors (Lipinski definition) is 2. The molecule has 0 bridgehead atoms. The summed E-state index contributed by atoms with van der Waals surface area (Å²) in [7, 11) is -8.16. The summed E-state index contributed by atoms with van der Waals surface area (Å²) < 4.78 is 43.0. The van der Waals surface area contributed by atoms with Crippen molar-refractivity contribution >= 4 is 15.6 Å². The summed E-state index contributed by atoms with van der Waals surface area (Å²) in [6, 6.07) is 35.1. The maximum Gasteiger partial charge on any atom is 0.584 e. The Morgan fingerprint density at radius 3 is 1.11 bits per heavy atom. The highest BCUT2D eigenvalue weighted by atomic mass is 31.2. The summed E-state index contributed by atoms with van der Waals surface area (Å²) in [4.78, 5) is 19.1. The molecule has 0 amide bonds. The second-order valence-corrected chi connectivity index (χ2v) is 10.0. The Bertz CT molecular complexity index is 1160. The summed E-state index contributed by atoms with van der Waals surface area (Å²) in [6.07, 6.45) is 0. The van der Waals surface area contributed by atoms with Gasteiger partial charge in [0, 0.05) is 0 Å². The van der Waals surface area contributed by atoms with Gasteiger partial charge in [0.2, 0.25) is 0 Å². The fraction of sp³-hybridized carbons (Fsp3) is 0.0769. The summed E-state index contributed by atoms with van der Waals surface area (Å²) in [6.45, 7) is 0.0901. The smallest absolute Gasteiger partial charge is 0.395 e. The highest BCUT2D eigenvalue weighted by Gasteiger charge is 2.24. The number of para-hydroxylation sites is 2. The molecule has 2 N–H and O–H groups in total. The molecule has 10 heteroatoms. The number of benzene rings is 4. The van der Waals surface area contributed by atoms with Crippen LogP contribution in [0.3, 0.4) is 0 Å². The second-order valence-electron chi connectivity index (χ2n) is 7.26. The number of hydrogen-bond acceptors (Lipinski definition) is 6. The van der Waals surface area contributed by atoms with Crippen molar-refractivity contribution in [2.75, 3.05) is 0 Å². The molecule has 4 rings (SSSR count). The zero-order chi connectivity index (χ0) is 25.7.